The third-order valence-corrected chi connectivity index (χ3v) is 3.92. The van der Waals surface area contributed by atoms with E-state index in [0.717, 1.165) is 5.69 Å². The first kappa shape index (κ1) is 13.4. The molecule has 1 saturated carbocycles. The van der Waals surface area contributed by atoms with E-state index in [2.05, 4.69) is 15.1 Å². The molecule has 0 aliphatic heterocycles. The maximum Gasteiger partial charge on any atom is 0.126 e. The fraction of sp³-hybridized carbons (Fsp3) is 0.400. The van der Waals surface area contributed by atoms with Crippen molar-refractivity contribution in [2.24, 2.45) is 0 Å². The number of rotatable bonds is 4. The maximum absolute atomic E-state index is 13.2. The van der Waals surface area contributed by atoms with E-state index in [-0.39, 0.29) is 5.82 Å². The molecule has 5 heteroatoms. The fourth-order valence-corrected chi connectivity index (χ4v) is 2.91. The average Bonchev–Trinajstić information content (AvgIpc) is 3.06. The first-order valence-electron chi connectivity index (χ1n) is 6.95. The Balaban J connectivity index is 1.63. The highest BCUT2D eigenvalue weighted by molar-refractivity contribution is 6.30. The molecule has 1 aliphatic carbocycles. The van der Waals surface area contributed by atoms with Crippen LogP contribution >= 0.6 is 11.6 Å². The Hall–Kier alpha value is -1.55. The molecule has 1 aliphatic rings. The number of anilines is 1. The van der Waals surface area contributed by atoms with Crippen LogP contribution in [0.4, 0.5) is 10.1 Å². The van der Waals surface area contributed by atoms with Crippen LogP contribution in [0, 0.1) is 5.82 Å². The minimum absolute atomic E-state index is 0.337. The molecule has 0 unspecified atom stereocenters. The van der Waals surface area contributed by atoms with Crippen LogP contribution in [0.2, 0.25) is 5.02 Å². The molecule has 0 spiro atoms. The lowest BCUT2D eigenvalue weighted by molar-refractivity contribution is 0.463. The minimum Gasteiger partial charge on any atom is -0.379 e. The van der Waals surface area contributed by atoms with Gasteiger partial charge in [-0.05, 0) is 37.1 Å². The monoisotopic (exact) mass is 293 g/mol. The third kappa shape index (κ3) is 3.12. The Morgan fingerprint density at radius 2 is 2.10 bits per heavy atom. The molecule has 20 heavy (non-hydrogen) atoms. The van der Waals surface area contributed by atoms with E-state index >= 15 is 0 Å². The molecule has 0 saturated heterocycles. The summed E-state index contributed by atoms with van der Waals surface area (Å²) < 4.78 is 15.3. The van der Waals surface area contributed by atoms with E-state index in [0.29, 0.717) is 23.3 Å². The summed E-state index contributed by atoms with van der Waals surface area (Å²) in [7, 11) is 0. The molecule has 1 fully saturated rings. The second-order valence-corrected chi connectivity index (χ2v) is 5.67. The first-order chi connectivity index (χ1) is 9.70. The fourth-order valence-electron chi connectivity index (χ4n) is 2.69. The van der Waals surface area contributed by atoms with Crippen molar-refractivity contribution in [3.8, 4) is 0 Å². The normalized spacial score (nSPS) is 15.7. The Morgan fingerprint density at radius 3 is 2.85 bits per heavy atom. The number of nitrogens with zero attached hydrogens (tertiary/aromatic N) is 2. The average molecular weight is 294 g/mol. The van der Waals surface area contributed by atoms with E-state index in [1.54, 1.807) is 6.07 Å². The van der Waals surface area contributed by atoms with E-state index in [4.69, 9.17) is 11.6 Å². The topological polar surface area (TPSA) is 29.9 Å². The largest absolute Gasteiger partial charge is 0.379 e. The standard InChI is InChI=1S/C15H17ClFN3/c16-11-7-12(17)9-14(8-11)18-10-13-5-6-20(19-13)15-3-1-2-4-15/h5-9,15,18H,1-4,10H2. The summed E-state index contributed by atoms with van der Waals surface area (Å²) in [4.78, 5) is 0. The number of hydrogen-bond donors (Lipinski definition) is 1. The van der Waals surface area contributed by atoms with Crippen molar-refractivity contribution < 1.29 is 4.39 Å². The van der Waals surface area contributed by atoms with Gasteiger partial charge in [0.05, 0.1) is 18.3 Å². The maximum atomic E-state index is 13.2. The molecule has 1 heterocycles. The lowest BCUT2D eigenvalue weighted by atomic mass is 10.3. The quantitative estimate of drug-likeness (QED) is 0.905. The van der Waals surface area contributed by atoms with Crippen molar-refractivity contribution in [3.05, 3.63) is 47.0 Å². The lowest BCUT2D eigenvalue weighted by Gasteiger charge is -2.09. The van der Waals surface area contributed by atoms with Gasteiger partial charge in [0.15, 0.2) is 0 Å². The highest BCUT2D eigenvalue weighted by Gasteiger charge is 2.17. The lowest BCUT2D eigenvalue weighted by Crippen LogP contribution is -2.07. The minimum atomic E-state index is -0.337. The van der Waals surface area contributed by atoms with Gasteiger partial charge < -0.3 is 5.32 Å². The van der Waals surface area contributed by atoms with Crippen molar-refractivity contribution in [2.75, 3.05) is 5.32 Å². The molecule has 1 N–H and O–H groups in total. The van der Waals surface area contributed by atoms with Crippen molar-refractivity contribution in [2.45, 2.75) is 38.3 Å². The number of halogens is 2. The zero-order valence-corrected chi connectivity index (χ0v) is 11.9. The highest BCUT2D eigenvalue weighted by Crippen LogP contribution is 2.28. The van der Waals surface area contributed by atoms with Gasteiger partial charge in [-0.15, -0.1) is 0 Å². The van der Waals surface area contributed by atoms with Crippen LogP contribution in [0.25, 0.3) is 0 Å². The molecule has 0 radical (unpaired) electrons. The summed E-state index contributed by atoms with van der Waals surface area (Å²) in [5.74, 6) is -0.337. The van der Waals surface area contributed by atoms with Gasteiger partial charge >= 0.3 is 0 Å². The number of aromatic nitrogens is 2. The molecule has 0 amide bonds. The van der Waals surface area contributed by atoms with Crippen LogP contribution < -0.4 is 5.32 Å². The van der Waals surface area contributed by atoms with Gasteiger partial charge in [-0.3, -0.25) is 4.68 Å². The molecular weight excluding hydrogens is 277 g/mol. The van der Waals surface area contributed by atoms with Crippen LogP contribution in [0.15, 0.2) is 30.5 Å². The first-order valence-corrected chi connectivity index (χ1v) is 7.32. The number of nitrogens with one attached hydrogen (secondary N) is 1. The molecule has 3 rings (SSSR count). The van der Waals surface area contributed by atoms with Gasteiger partial charge in [-0.1, -0.05) is 24.4 Å². The van der Waals surface area contributed by atoms with Crippen molar-refractivity contribution >= 4 is 17.3 Å². The predicted octanol–water partition coefficient (Wildman–Crippen LogP) is 4.40. The Labute approximate surface area is 122 Å². The summed E-state index contributed by atoms with van der Waals surface area (Å²) >= 11 is 5.82. The van der Waals surface area contributed by atoms with Crippen molar-refractivity contribution in [3.63, 3.8) is 0 Å². The molecule has 106 valence electrons. The zero-order valence-electron chi connectivity index (χ0n) is 11.1. The molecular formula is C15H17ClFN3. The van der Waals surface area contributed by atoms with Gasteiger partial charge in [0, 0.05) is 16.9 Å². The number of hydrogen-bond acceptors (Lipinski definition) is 2. The van der Waals surface area contributed by atoms with Crippen LogP contribution in [0.3, 0.4) is 0 Å². The third-order valence-electron chi connectivity index (χ3n) is 3.70. The van der Waals surface area contributed by atoms with Crippen molar-refractivity contribution in [1.82, 2.24) is 9.78 Å². The smallest absolute Gasteiger partial charge is 0.126 e. The van der Waals surface area contributed by atoms with Gasteiger partial charge in [-0.2, -0.15) is 5.10 Å². The van der Waals surface area contributed by atoms with Crippen LogP contribution in [0.1, 0.15) is 37.4 Å². The Bertz CT molecular complexity index is 570. The molecule has 3 nitrogen and oxygen atoms in total. The zero-order chi connectivity index (χ0) is 13.9. The molecule has 0 atom stereocenters. The second-order valence-electron chi connectivity index (χ2n) is 5.24. The predicted molar refractivity (Wildman–Crippen MR) is 78.5 cm³/mol. The Kier molecular flexibility index (Phi) is 3.92. The van der Waals surface area contributed by atoms with Crippen LogP contribution in [-0.2, 0) is 6.54 Å². The molecule has 1 aromatic heterocycles. The van der Waals surface area contributed by atoms with E-state index in [1.165, 1.54) is 37.8 Å². The molecule has 2 aromatic rings. The summed E-state index contributed by atoms with van der Waals surface area (Å²) in [5, 5.41) is 8.12. The van der Waals surface area contributed by atoms with E-state index < -0.39 is 0 Å². The van der Waals surface area contributed by atoms with E-state index in [1.807, 2.05) is 12.3 Å². The summed E-state index contributed by atoms with van der Waals surface area (Å²) in [6, 6.07) is 6.99. The SMILES string of the molecule is Fc1cc(Cl)cc(NCc2ccn(C3CCCC3)n2)c1. The van der Waals surface area contributed by atoms with Crippen molar-refractivity contribution in [1.29, 1.82) is 0 Å². The second kappa shape index (κ2) is 5.83. The summed E-state index contributed by atoms with van der Waals surface area (Å²) in [6.07, 6.45) is 7.05. The highest BCUT2D eigenvalue weighted by atomic mass is 35.5. The summed E-state index contributed by atoms with van der Waals surface area (Å²) in [5.41, 5.74) is 1.63. The summed E-state index contributed by atoms with van der Waals surface area (Å²) in [6.45, 7) is 0.569. The van der Waals surface area contributed by atoms with Gasteiger partial charge in [0.2, 0.25) is 0 Å². The van der Waals surface area contributed by atoms with Gasteiger partial charge in [0.25, 0.3) is 0 Å². The van der Waals surface area contributed by atoms with Gasteiger partial charge in [-0.25, -0.2) is 4.39 Å². The van der Waals surface area contributed by atoms with E-state index in [9.17, 15) is 4.39 Å². The molecule has 0 bridgehead atoms. The van der Waals surface area contributed by atoms with Crippen LogP contribution in [0.5, 0.6) is 0 Å². The Morgan fingerprint density at radius 1 is 1.30 bits per heavy atom. The number of benzene rings is 1. The van der Waals surface area contributed by atoms with Crippen LogP contribution in [-0.4, -0.2) is 9.78 Å². The van der Waals surface area contributed by atoms with Gasteiger partial charge in [0.1, 0.15) is 5.82 Å². The molecule has 1 aromatic carbocycles.